The average Bonchev–Trinajstić information content (AvgIpc) is 2.97. The zero-order chi connectivity index (χ0) is 31.0. The smallest absolute Gasteiger partial charge is 0.264 e. The van der Waals surface area contributed by atoms with E-state index in [0.29, 0.717) is 27.4 Å². The Hall–Kier alpha value is -3.08. The molecule has 0 radical (unpaired) electrons. The summed E-state index contributed by atoms with van der Waals surface area (Å²) < 4.78 is 35.0. The van der Waals surface area contributed by atoms with E-state index in [9.17, 15) is 18.0 Å². The number of benzene rings is 3. The first kappa shape index (κ1) is 33.4. The maximum absolute atomic E-state index is 14.2. The van der Waals surface area contributed by atoms with E-state index < -0.39 is 28.5 Å². The quantitative estimate of drug-likeness (QED) is 0.228. The summed E-state index contributed by atoms with van der Waals surface area (Å²) in [6.45, 7) is 7.16. The third-order valence-corrected chi connectivity index (χ3v) is 9.61. The number of carbonyl (C=O) groups excluding carboxylic acids is 2. The number of methoxy groups -OCH3 is 1. The highest BCUT2D eigenvalue weighted by molar-refractivity contribution is 9.10. The summed E-state index contributed by atoms with van der Waals surface area (Å²) in [5.74, 6) is -0.343. The Morgan fingerprint density at radius 1 is 1.00 bits per heavy atom. The molecule has 8 nitrogen and oxygen atoms in total. The van der Waals surface area contributed by atoms with Crippen LogP contribution in [0.1, 0.15) is 44.7 Å². The second-order valence-electron chi connectivity index (χ2n) is 10.0. The normalized spacial score (nSPS) is 12.7. The minimum atomic E-state index is -4.21. The van der Waals surface area contributed by atoms with Crippen molar-refractivity contribution in [3.05, 3.63) is 87.4 Å². The number of halogens is 2. The van der Waals surface area contributed by atoms with Crippen LogP contribution in [-0.4, -0.2) is 50.9 Å². The molecule has 0 heterocycles. The van der Waals surface area contributed by atoms with E-state index in [-0.39, 0.29) is 23.4 Å². The maximum Gasteiger partial charge on any atom is 0.264 e. The second kappa shape index (κ2) is 14.9. The van der Waals surface area contributed by atoms with Crippen LogP contribution in [0.3, 0.4) is 0 Å². The topological polar surface area (TPSA) is 96.0 Å². The standard InChI is InChI=1S/C31H37BrClN3O5S/c1-6-22(4)34-31(38)28(7-2)35(19-23-10-12-24(33)13-11-23)30(37)20-36(25-14-8-21(3)9-15-25)42(39,40)26-16-17-29(41-5)27(32)18-26/h8-18,22,28H,6-7,19-20H2,1-5H3,(H,34,38)/t22-,28-/m0/s1. The molecule has 0 saturated heterocycles. The Morgan fingerprint density at radius 3 is 2.19 bits per heavy atom. The van der Waals surface area contributed by atoms with Crippen LogP contribution >= 0.6 is 27.5 Å². The minimum absolute atomic E-state index is 0.0191. The molecule has 0 aliphatic carbocycles. The molecule has 0 spiro atoms. The Bertz CT molecular complexity index is 1480. The first-order valence-electron chi connectivity index (χ1n) is 13.7. The summed E-state index contributed by atoms with van der Waals surface area (Å²) in [7, 11) is -2.73. The number of ether oxygens (including phenoxy) is 1. The molecular weight excluding hydrogens is 642 g/mol. The van der Waals surface area contributed by atoms with E-state index in [1.165, 1.54) is 24.1 Å². The average molecular weight is 679 g/mol. The van der Waals surface area contributed by atoms with Gasteiger partial charge in [-0.15, -0.1) is 0 Å². The Kier molecular flexibility index (Phi) is 11.8. The van der Waals surface area contributed by atoms with Gasteiger partial charge in [-0.05, 0) is 90.6 Å². The maximum atomic E-state index is 14.2. The molecule has 0 aliphatic heterocycles. The fourth-order valence-electron chi connectivity index (χ4n) is 4.32. The molecule has 0 unspecified atom stereocenters. The van der Waals surface area contributed by atoms with Gasteiger partial charge in [0.05, 0.1) is 22.2 Å². The van der Waals surface area contributed by atoms with Gasteiger partial charge in [0.2, 0.25) is 11.8 Å². The lowest BCUT2D eigenvalue weighted by Gasteiger charge is -2.33. The number of carbonyl (C=O) groups is 2. The minimum Gasteiger partial charge on any atom is -0.496 e. The molecule has 42 heavy (non-hydrogen) atoms. The lowest BCUT2D eigenvalue weighted by atomic mass is 10.1. The van der Waals surface area contributed by atoms with E-state index in [1.807, 2.05) is 27.7 Å². The largest absolute Gasteiger partial charge is 0.496 e. The monoisotopic (exact) mass is 677 g/mol. The van der Waals surface area contributed by atoms with Gasteiger partial charge in [-0.1, -0.05) is 55.3 Å². The van der Waals surface area contributed by atoms with Gasteiger partial charge in [-0.25, -0.2) is 8.42 Å². The Balaban J connectivity index is 2.07. The van der Waals surface area contributed by atoms with Crippen molar-refractivity contribution in [3.63, 3.8) is 0 Å². The molecule has 0 saturated carbocycles. The van der Waals surface area contributed by atoms with Crippen LogP contribution in [0.25, 0.3) is 0 Å². The van der Waals surface area contributed by atoms with E-state index >= 15 is 0 Å². The van der Waals surface area contributed by atoms with Gasteiger partial charge in [-0.3, -0.25) is 13.9 Å². The van der Waals surface area contributed by atoms with Gasteiger partial charge in [0.15, 0.2) is 0 Å². The fraction of sp³-hybridized carbons (Fsp3) is 0.355. The Labute approximate surface area is 262 Å². The summed E-state index contributed by atoms with van der Waals surface area (Å²) in [4.78, 5) is 29.0. The first-order chi connectivity index (χ1) is 19.9. The van der Waals surface area contributed by atoms with Crippen molar-refractivity contribution >= 4 is 55.1 Å². The molecule has 0 fully saturated rings. The number of hydrogen-bond donors (Lipinski definition) is 1. The molecule has 0 aliphatic rings. The molecule has 2 atom stereocenters. The van der Waals surface area contributed by atoms with Gasteiger partial charge in [0.25, 0.3) is 10.0 Å². The predicted octanol–water partition coefficient (Wildman–Crippen LogP) is 6.34. The number of hydrogen-bond acceptors (Lipinski definition) is 5. The van der Waals surface area contributed by atoms with Gasteiger partial charge in [0.1, 0.15) is 18.3 Å². The third kappa shape index (κ3) is 8.26. The SMILES string of the molecule is CC[C@H](C)NC(=O)[C@H](CC)N(Cc1ccc(Cl)cc1)C(=O)CN(c1ccc(C)cc1)S(=O)(=O)c1ccc(OC)c(Br)c1. The van der Waals surface area contributed by atoms with Crippen LogP contribution in [0.4, 0.5) is 5.69 Å². The van der Waals surface area contributed by atoms with Crippen molar-refractivity contribution in [3.8, 4) is 5.75 Å². The van der Waals surface area contributed by atoms with Crippen molar-refractivity contribution in [2.75, 3.05) is 18.0 Å². The lowest BCUT2D eigenvalue weighted by molar-refractivity contribution is -0.140. The highest BCUT2D eigenvalue weighted by Gasteiger charge is 2.34. The molecule has 2 amide bonds. The number of sulfonamides is 1. The van der Waals surface area contributed by atoms with Crippen molar-refractivity contribution in [2.45, 2.75) is 64.1 Å². The summed E-state index contributed by atoms with van der Waals surface area (Å²) in [5.41, 5.74) is 2.02. The van der Waals surface area contributed by atoms with Crippen LogP contribution < -0.4 is 14.4 Å². The van der Waals surface area contributed by atoms with Crippen molar-refractivity contribution < 1.29 is 22.7 Å². The highest BCUT2D eigenvalue weighted by Crippen LogP contribution is 2.31. The molecule has 0 bridgehead atoms. The highest BCUT2D eigenvalue weighted by atomic mass is 79.9. The summed E-state index contributed by atoms with van der Waals surface area (Å²) in [6.07, 6.45) is 1.06. The molecular formula is C31H37BrClN3O5S. The van der Waals surface area contributed by atoms with Gasteiger partial charge < -0.3 is 15.0 Å². The van der Waals surface area contributed by atoms with Crippen LogP contribution in [-0.2, 0) is 26.2 Å². The zero-order valence-corrected chi connectivity index (χ0v) is 27.6. The van der Waals surface area contributed by atoms with Crippen LogP contribution in [0, 0.1) is 6.92 Å². The van der Waals surface area contributed by atoms with Gasteiger partial charge >= 0.3 is 0 Å². The Morgan fingerprint density at radius 2 is 1.64 bits per heavy atom. The predicted molar refractivity (Wildman–Crippen MR) is 170 cm³/mol. The zero-order valence-electron chi connectivity index (χ0n) is 24.4. The number of aryl methyl sites for hydroxylation is 1. The van der Waals surface area contributed by atoms with Crippen molar-refractivity contribution in [1.29, 1.82) is 0 Å². The number of nitrogens with one attached hydrogen (secondary N) is 1. The third-order valence-electron chi connectivity index (χ3n) is 6.97. The van der Waals surface area contributed by atoms with Crippen LogP contribution in [0.2, 0.25) is 5.02 Å². The van der Waals surface area contributed by atoms with E-state index in [2.05, 4.69) is 21.2 Å². The second-order valence-corrected chi connectivity index (χ2v) is 13.2. The summed E-state index contributed by atoms with van der Waals surface area (Å²) in [6, 6.07) is 17.4. The number of nitrogens with zero attached hydrogens (tertiary/aromatic N) is 2. The van der Waals surface area contributed by atoms with Gasteiger partial charge in [0, 0.05) is 17.6 Å². The number of anilines is 1. The molecule has 1 N–H and O–H groups in total. The lowest BCUT2D eigenvalue weighted by Crippen LogP contribution is -2.53. The molecule has 3 rings (SSSR count). The van der Waals surface area contributed by atoms with Gasteiger partial charge in [-0.2, -0.15) is 0 Å². The van der Waals surface area contributed by atoms with E-state index in [1.54, 1.807) is 54.6 Å². The molecule has 226 valence electrons. The van der Waals surface area contributed by atoms with E-state index in [4.69, 9.17) is 16.3 Å². The van der Waals surface area contributed by atoms with Crippen molar-refractivity contribution in [1.82, 2.24) is 10.2 Å². The summed E-state index contributed by atoms with van der Waals surface area (Å²) >= 11 is 9.45. The molecule has 3 aromatic rings. The first-order valence-corrected chi connectivity index (χ1v) is 16.3. The summed E-state index contributed by atoms with van der Waals surface area (Å²) in [5, 5.41) is 3.51. The molecule has 11 heteroatoms. The number of amides is 2. The van der Waals surface area contributed by atoms with Crippen molar-refractivity contribution in [2.24, 2.45) is 0 Å². The van der Waals surface area contributed by atoms with E-state index in [0.717, 1.165) is 21.9 Å². The van der Waals surface area contributed by atoms with Crippen LogP contribution in [0.5, 0.6) is 5.75 Å². The number of rotatable bonds is 13. The fourth-order valence-corrected chi connectivity index (χ4v) is 6.58. The van der Waals surface area contributed by atoms with Crippen LogP contribution in [0.15, 0.2) is 76.1 Å². The molecule has 3 aromatic carbocycles. The molecule has 0 aromatic heterocycles.